The van der Waals surface area contributed by atoms with Crippen molar-refractivity contribution in [3.63, 3.8) is 0 Å². The highest BCUT2D eigenvalue weighted by Gasteiger charge is 2.44. The second-order valence-electron chi connectivity index (χ2n) is 12.3. The van der Waals surface area contributed by atoms with E-state index in [1.54, 1.807) is 18.2 Å². The molecule has 214 valence electrons. The minimum absolute atomic E-state index is 0.135. The van der Waals surface area contributed by atoms with E-state index >= 15 is 0 Å². The zero-order valence-corrected chi connectivity index (χ0v) is 24.4. The van der Waals surface area contributed by atoms with E-state index in [1.807, 2.05) is 25.1 Å². The standard InChI is InChI=1S/C31H37ClN2O5S/c1-20-4-2-6-28(35)25-10-7-23(25)16-34-18-31(13-3-5-21-14-24(32)9-11-26(21)31)19-39-29-12-8-22(15-27(29)34)30(36)33-40(37,38)17-20/h2,6,8-9,11-12,14-15,20,23,25,28,35H,3-5,7,10,13,16-19H2,1H3,(H,33,36)/b6-2-/t20-,23+,25-,28+,31+/m1/s1. The van der Waals surface area contributed by atoms with Crippen molar-refractivity contribution in [2.24, 2.45) is 17.8 Å². The van der Waals surface area contributed by atoms with E-state index in [-0.39, 0.29) is 28.6 Å². The number of fused-ring (bicyclic) bond motifs is 4. The van der Waals surface area contributed by atoms with Crippen LogP contribution in [0.5, 0.6) is 5.75 Å². The van der Waals surface area contributed by atoms with Crippen LogP contribution >= 0.6 is 11.6 Å². The third-order valence-electron chi connectivity index (χ3n) is 9.29. The summed E-state index contributed by atoms with van der Waals surface area (Å²) in [7, 11) is -3.83. The molecular formula is C31H37ClN2O5S. The SMILES string of the molecule is C[C@@H]1C/C=C\[C@H](O)[C@@H]2CC[C@H]2CN2C[C@@]3(CCCc4cc(Cl)ccc43)COc3ccc(cc32)C(=O)NS(=O)(=O)C1. The van der Waals surface area contributed by atoms with Crippen LogP contribution in [0.15, 0.2) is 48.6 Å². The normalized spacial score (nSPS) is 32.5. The maximum atomic E-state index is 13.2. The fraction of sp³-hybridized carbons (Fsp3) is 0.516. The molecule has 5 atom stereocenters. The Labute approximate surface area is 241 Å². The summed E-state index contributed by atoms with van der Waals surface area (Å²) in [6, 6.07) is 11.4. The Kier molecular flexibility index (Phi) is 7.38. The van der Waals surface area contributed by atoms with Crippen LogP contribution in [0, 0.1) is 17.8 Å². The number of amides is 1. The molecule has 9 heteroatoms. The maximum Gasteiger partial charge on any atom is 0.264 e. The summed E-state index contributed by atoms with van der Waals surface area (Å²) in [5.74, 6) is 0.112. The molecule has 0 aromatic heterocycles. The number of halogens is 1. The summed E-state index contributed by atoms with van der Waals surface area (Å²) in [5.41, 5.74) is 3.34. The molecule has 0 saturated heterocycles. The number of hydrogen-bond acceptors (Lipinski definition) is 6. The Hall–Kier alpha value is -2.55. The lowest BCUT2D eigenvalue weighted by atomic mass is 9.68. The topological polar surface area (TPSA) is 95.9 Å². The van der Waals surface area contributed by atoms with Gasteiger partial charge in [-0.3, -0.25) is 4.79 Å². The number of benzene rings is 2. The summed E-state index contributed by atoms with van der Waals surface area (Å²) in [6.45, 7) is 3.75. The largest absolute Gasteiger partial charge is 0.490 e. The number of aryl methyl sites for hydroxylation is 1. The first-order valence-corrected chi connectivity index (χ1v) is 16.4. The molecule has 1 saturated carbocycles. The van der Waals surface area contributed by atoms with E-state index in [0.717, 1.165) is 49.4 Å². The molecule has 1 amide bonds. The van der Waals surface area contributed by atoms with Gasteiger partial charge in [-0.1, -0.05) is 36.7 Å². The number of aliphatic hydroxyl groups is 1. The number of nitrogens with zero attached hydrogens (tertiary/aromatic N) is 1. The molecule has 1 spiro atoms. The Morgan fingerprint density at radius 3 is 2.83 bits per heavy atom. The smallest absolute Gasteiger partial charge is 0.264 e. The fourth-order valence-electron chi connectivity index (χ4n) is 7.09. The minimum atomic E-state index is -3.83. The summed E-state index contributed by atoms with van der Waals surface area (Å²) in [4.78, 5) is 15.5. The Bertz CT molecular complexity index is 1440. The number of allylic oxidation sites excluding steroid dienone is 1. The molecule has 2 bridgehead atoms. The van der Waals surface area contributed by atoms with E-state index < -0.39 is 22.0 Å². The lowest BCUT2D eigenvalue weighted by Crippen LogP contribution is -2.49. The van der Waals surface area contributed by atoms with Gasteiger partial charge in [0.1, 0.15) is 5.75 Å². The van der Waals surface area contributed by atoms with Crippen LogP contribution in [0.1, 0.15) is 60.5 Å². The number of aliphatic hydroxyl groups excluding tert-OH is 1. The van der Waals surface area contributed by atoms with Gasteiger partial charge in [0.15, 0.2) is 0 Å². The number of hydrogen-bond donors (Lipinski definition) is 2. The molecule has 40 heavy (non-hydrogen) atoms. The van der Waals surface area contributed by atoms with Gasteiger partial charge in [0.05, 0.1) is 24.2 Å². The van der Waals surface area contributed by atoms with E-state index in [2.05, 4.69) is 21.8 Å². The Morgan fingerprint density at radius 1 is 1.18 bits per heavy atom. The van der Waals surface area contributed by atoms with Crippen LogP contribution in [-0.2, 0) is 21.9 Å². The van der Waals surface area contributed by atoms with E-state index in [4.69, 9.17) is 16.3 Å². The molecule has 0 radical (unpaired) electrons. The second kappa shape index (κ2) is 10.7. The molecule has 2 aliphatic heterocycles. The first-order chi connectivity index (χ1) is 19.1. The third kappa shape index (κ3) is 5.38. The van der Waals surface area contributed by atoms with Gasteiger partial charge in [-0.2, -0.15) is 0 Å². The summed E-state index contributed by atoms with van der Waals surface area (Å²) >= 11 is 6.37. The van der Waals surface area contributed by atoms with Gasteiger partial charge in [-0.15, -0.1) is 0 Å². The van der Waals surface area contributed by atoms with Crippen LogP contribution < -0.4 is 14.4 Å². The zero-order chi connectivity index (χ0) is 28.1. The van der Waals surface area contributed by atoms with Crippen molar-refractivity contribution >= 4 is 33.2 Å². The number of carbonyl (C=O) groups is 1. The van der Waals surface area contributed by atoms with Gasteiger partial charge >= 0.3 is 0 Å². The van der Waals surface area contributed by atoms with Gasteiger partial charge in [0.2, 0.25) is 10.0 Å². The number of ether oxygens (including phenoxy) is 1. The minimum Gasteiger partial charge on any atom is -0.490 e. The number of carbonyl (C=O) groups excluding carboxylic acids is 1. The predicted octanol–water partition coefficient (Wildman–Crippen LogP) is 4.86. The number of rotatable bonds is 0. The summed E-state index contributed by atoms with van der Waals surface area (Å²) < 4.78 is 34.4. The van der Waals surface area contributed by atoms with Crippen LogP contribution in [0.4, 0.5) is 5.69 Å². The highest BCUT2D eigenvalue weighted by Crippen LogP contribution is 2.46. The van der Waals surface area contributed by atoms with Gasteiger partial charge in [-0.25, -0.2) is 13.1 Å². The van der Waals surface area contributed by atoms with Gasteiger partial charge < -0.3 is 14.7 Å². The summed E-state index contributed by atoms with van der Waals surface area (Å²) in [5, 5.41) is 11.8. The molecule has 1 fully saturated rings. The van der Waals surface area contributed by atoms with Crippen molar-refractivity contribution in [3.8, 4) is 5.75 Å². The van der Waals surface area contributed by atoms with Crippen molar-refractivity contribution in [2.45, 2.75) is 57.0 Å². The monoisotopic (exact) mass is 584 g/mol. The highest BCUT2D eigenvalue weighted by molar-refractivity contribution is 7.90. The average molecular weight is 585 g/mol. The molecule has 4 aliphatic rings. The van der Waals surface area contributed by atoms with Gasteiger partial charge in [-0.05, 0) is 97.7 Å². The van der Waals surface area contributed by atoms with Crippen LogP contribution in [0.3, 0.4) is 0 Å². The molecule has 2 aliphatic carbocycles. The first-order valence-electron chi connectivity index (χ1n) is 14.3. The number of anilines is 1. The average Bonchev–Trinajstić information content (AvgIpc) is 3.02. The lowest BCUT2D eigenvalue weighted by molar-refractivity contribution is 0.0456. The lowest BCUT2D eigenvalue weighted by Gasteiger charge is -2.45. The quantitative estimate of drug-likeness (QED) is 0.430. The molecule has 6 rings (SSSR count). The first kappa shape index (κ1) is 27.6. The third-order valence-corrected chi connectivity index (χ3v) is 11.0. The molecular weight excluding hydrogens is 548 g/mol. The van der Waals surface area contributed by atoms with E-state index in [1.165, 1.54) is 11.1 Å². The van der Waals surface area contributed by atoms with Crippen LogP contribution in [-0.4, -0.2) is 51.0 Å². The zero-order valence-electron chi connectivity index (χ0n) is 22.8. The summed E-state index contributed by atoms with van der Waals surface area (Å²) in [6.07, 6.45) is 8.59. The van der Waals surface area contributed by atoms with E-state index in [9.17, 15) is 18.3 Å². The molecule has 2 aromatic rings. The Balaban J connectivity index is 1.42. The van der Waals surface area contributed by atoms with Crippen molar-refractivity contribution < 1.29 is 23.1 Å². The molecule has 2 N–H and O–H groups in total. The Morgan fingerprint density at radius 2 is 2.02 bits per heavy atom. The predicted molar refractivity (Wildman–Crippen MR) is 157 cm³/mol. The van der Waals surface area contributed by atoms with Gasteiger partial charge in [0, 0.05) is 29.1 Å². The fourth-order valence-corrected chi connectivity index (χ4v) is 8.65. The van der Waals surface area contributed by atoms with Crippen molar-refractivity contribution in [1.29, 1.82) is 0 Å². The van der Waals surface area contributed by atoms with Crippen molar-refractivity contribution in [3.05, 3.63) is 70.3 Å². The van der Waals surface area contributed by atoms with Crippen molar-refractivity contribution in [2.75, 3.05) is 30.3 Å². The molecule has 2 aromatic carbocycles. The van der Waals surface area contributed by atoms with E-state index in [0.29, 0.717) is 31.2 Å². The number of sulfonamides is 1. The number of nitrogens with one attached hydrogen (secondary N) is 1. The van der Waals surface area contributed by atoms with Crippen LogP contribution in [0.2, 0.25) is 5.02 Å². The molecule has 0 unspecified atom stereocenters. The van der Waals surface area contributed by atoms with Crippen molar-refractivity contribution in [1.82, 2.24) is 4.72 Å². The second-order valence-corrected chi connectivity index (χ2v) is 14.5. The maximum absolute atomic E-state index is 13.2. The van der Waals surface area contributed by atoms with Crippen LogP contribution in [0.25, 0.3) is 0 Å². The highest BCUT2D eigenvalue weighted by atomic mass is 35.5. The molecule has 7 nitrogen and oxygen atoms in total. The van der Waals surface area contributed by atoms with Gasteiger partial charge in [0.25, 0.3) is 5.91 Å². The molecule has 2 heterocycles.